The molecule has 1 aromatic heterocycles. The highest BCUT2D eigenvalue weighted by Crippen LogP contribution is 2.39. The van der Waals surface area contributed by atoms with Crippen LogP contribution in [0.1, 0.15) is 21.3 Å². The van der Waals surface area contributed by atoms with E-state index in [1.807, 2.05) is 12.1 Å². The summed E-state index contributed by atoms with van der Waals surface area (Å²) in [6, 6.07) is 10.1. The molecule has 30 heavy (non-hydrogen) atoms. The third-order valence-electron chi connectivity index (χ3n) is 5.67. The SMILES string of the molecule is COc1ccc(C2C(C(=O)c3cccs3)C(=O)C(=O)N2CCN2CCOCC2)cc1. The van der Waals surface area contributed by atoms with Crippen molar-refractivity contribution in [2.24, 2.45) is 5.92 Å². The van der Waals surface area contributed by atoms with Crippen molar-refractivity contribution < 1.29 is 23.9 Å². The predicted molar refractivity (Wildman–Crippen MR) is 112 cm³/mol. The lowest BCUT2D eigenvalue weighted by Gasteiger charge is -2.31. The van der Waals surface area contributed by atoms with Gasteiger partial charge in [-0.05, 0) is 29.1 Å². The molecule has 2 aromatic rings. The lowest BCUT2D eigenvalue weighted by Crippen LogP contribution is -2.42. The number of thiophene rings is 1. The lowest BCUT2D eigenvalue weighted by atomic mass is 9.88. The van der Waals surface area contributed by atoms with E-state index in [9.17, 15) is 14.4 Å². The third-order valence-corrected chi connectivity index (χ3v) is 6.55. The maximum atomic E-state index is 13.2. The monoisotopic (exact) mass is 428 g/mol. The summed E-state index contributed by atoms with van der Waals surface area (Å²) in [4.78, 5) is 43.3. The van der Waals surface area contributed by atoms with Crippen LogP contribution in [0.15, 0.2) is 41.8 Å². The second-order valence-corrected chi connectivity index (χ2v) is 8.30. The maximum absolute atomic E-state index is 13.2. The molecule has 1 aromatic carbocycles. The molecular weight excluding hydrogens is 404 g/mol. The molecule has 1 amide bonds. The molecule has 2 fully saturated rings. The number of rotatable bonds is 7. The van der Waals surface area contributed by atoms with Crippen LogP contribution in [0.5, 0.6) is 5.75 Å². The Bertz CT molecular complexity index is 906. The van der Waals surface area contributed by atoms with Crippen LogP contribution in [-0.2, 0) is 14.3 Å². The van der Waals surface area contributed by atoms with E-state index in [1.54, 1.807) is 41.7 Å². The average Bonchev–Trinajstić information content (AvgIpc) is 3.41. The smallest absolute Gasteiger partial charge is 0.291 e. The predicted octanol–water partition coefficient (Wildman–Crippen LogP) is 2.04. The molecule has 4 rings (SSSR count). The zero-order chi connectivity index (χ0) is 21.1. The molecule has 2 atom stereocenters. The summed E-state index contributed by atoms with van der Waals surface area (Å²) in [6.07, 6.45) is 0. The number of benzene rings is 1. The number of amides is 1. The number of carbonyl (C=O) groups is 3. The number of ether oxygens (including phenoxy) is 2. The molecule has 2 aliphatic heterocycles. The molecule has 0 N–H and O–H groups in total. The highest BCUT2D eigenvalue weighted by molar-refractivity contribution is 7.12. The Balaban J connectivity index is 1.64. The molecule has 8 heteroatoms. The normalized spacial score (nSPS) is 22.5. The molecular formula is C22H24N2O5S. The number of morpholine rings is 1. The van der Waals surface area contributed by atoms with Crippen molar-refractivity contribution in [3.8, 4) is 5.75 Å². The van der Waals surface area contributed by atoms with Crippen LogP contribution in [0.3, 0.4) is 0 Å². The molecule has 2 aliphatic rings. The van der Waals surface area contributed by atoms with Gasteiger partial charge < -0.3 is 14.4 Å². The van der Waals surface area contributed by atoms with Gasteiger partial charge >= 0.3 is 0 Å². The van der Waals surface area contributed by atoms with Gasteiger partial charge in [-0.2, -0.15) is 0 Å². The average molecular weight is 429 g/mol. The van der Waals surface area contributed by atoms with Gasteiger partial charge in [-0.25, -0.2) is 0 Å². The van der Waals surface area contributed by atoms with E-state index in [2.05, 4.69) is 4.90 Å². The Morgan fingerprint density at radius 3 is 2.50 bits per heavy atom. The van der Waals surface area contributed by atoms with Crippen LogP contribution in [0.4, 0.5) is 0 Å². The number of hydrogen-bond acceptors (Lipinski definition) is 7. The minimum Gasteiger partial charge on any atom is -0.497 e. The number of likely N-dealkylation sites (tertiary alicyclic amines) is 1. The number of carbonyl (C=O) groups excluding carboxylic acids is 3. The van der Waals surface area contributed by atoms with E-state index in [0.29, 0.717) is 36.9 Å². The summed E-state index contributed by atoms with van der Waals surface area (Å²) in [7, 11) is 1.58. The number of Topliss-reactive ketones (excluding diaryl/α,β-unsaturated/α-hetero) is 2. The summed E-state index contributed by atoms with van der Waals surface area (Å²) in [5.74, 6) is -1.86. The fourth-order valence-electron chi connectivity index (χ4n) is 4.05. The van der Waals surface area contributed by atoms with Gasteiger partial charge in [0.1, 0.15) is 11.7 Å². The van der Waals surface area contributed by atoms with Crippen LogP contribution in [-0.4, -0.2) is 73.8 Å². The van der Waals surface area contributed by atoms with Crippen molar-refractivity contribution in [2.45, 2.75) is 6.04 Å². The molecule has 0 aliphatic carbocycles. The van der Waals surface area contributed by atoms with Crippen molar-refractivity contribution in [3.63, 3.8) is 0 Å². The first-order valence-corrected chi connectivity index (χ1v) is 10.8. The molecule has 0 spiro atoms. The summed E-state index contributed by atoms with van der Waals surface area (Å²) >= 11 is 1.29. The van der Waals surface area contributed by atoms with E-state index in [-0.39, 0.29) is 5.78 Å². The van der Waals surface area contributed by atoms with Crippen molar-refractivity contribution in [1.29, 1.82) is 0 Å². The van der Waals surface area contributed by atoms with Gasteiger partial charge in [-0.1, -0.05) is 18.2 Å². The molecule has 3 heterocycles. The van der Waals surface area contributed by atoms with Crippen LogP contribution in [0, 0.1) is 5.92 Å². The number of nitrogens with zero attached hydrogens (tertiary/aromatic N) is 2. The van der Waals surface area contributed by atoms with Gasteiger partial charge in [-0.15, -0.1) is 11.3 Å². The highest BCUT2D eigenvalue weighted by Gasteiger charge is 2.51. The van der Waals surface area contributed by atoms with Crippen LogP contribution < -0.4 is 4.74 Å². The minimum atomic E-state index is -1.03. The van der Waals surface area contributed by atoms with E-state index < -0.39 is 23.7 Å². The maximum Gasteiger partial charge on any atom is 0.291 e. The van der Waals surface area contributed by atoms with Crippen LogP contribution in [0.25, 0.3) is 0 Å². The van der Waals surface area contributed by atoms with Gasteiger partial charge in [0.25, 0.3) is 5.91 Å². The number of ketones is 2. The first-order valence-electron chi connectivity index (χ1n) is 9.96. The van der Waals surface area contributed by atoms with Crippen LogP contribution in [0.2, 0.25) is 0 Å². The number of methoxy groups -OCH3 is 1. The Morgan fingerprint density at radius 1 is 1.13 bits per heavy atom. The topological polar surface area (TPSA) is 76.2 Å². The van der Waals surface area contributed by atoms with Crippen molar-refractivity contribution in [1.82, 2.24) is 9.80 Å². The second-order valence-electron chi connectivity index (χ2n) is 7.35. The lowest BCUT2D eigenvalue weighted by molar-refractivity contribution is -0.141. The van der Waals surface area contributed by atoms with Gasteiger partial charge in [-0.3, -0.25) is 19.3 Å². The van der Waals surface area contributed by atoms with Crippen molar-refractivity contribution >= 4 is 28.8 Å². The van der Waals surface area contributed by atoms with E-state index in [0.717, 1.165) is 18.7 Å². The largest absolute Gasteiger partial charge is 0.497 e. The number of hydrogen-bond donors (Lipinski definition) is 0. The first-order chi connectivity index (χ1) is 14.6. The van der Waals surface area contributed by atoms with Crippen LogP contribution >= 0.6 is 11.3 Å². The zero-order valence-corrected chi connectivity index (χ0v) is 17.6. The van der Waals surface area contributed by atoms with E-state index in [1.165, 1.54) is 11.3 Å². The van der Waals surface area contributed by atoms with Crippen molar-refractivity contribution in [2.75, 3.05) is 46.5 Å². The highest BCUT2D eigenvalue weighted by atomic mass is 32.1. The molecule has 2 saturated heterocycles. The second kappa shape index (κ2) is 9.07. The summed E-state index contributed by atoms with van der Waals surface area (Å²) in [5.41, 5.74) is 0.756. The van der Waals surface area contributed by atoms with Gasteiger partial charge in [0.2, 0.25) is 5.78 Å². The Morgan fingerprint density at radius 2 is 1.87 bits per heavy atom. The van der Waals surface area contributed by atoms with Gasteiger partial charge in [0, 0.05) is 26.2 Å². The van der Waals surface area contributed by atoms with E-state index >= 15 is 0 Å². The minimum absolute atomic E-state index is 0.293. The third kappa shape index (κ3) is 4.03. The fraction of sp³-hybridized carbons (Fsp3) is 0.409. The van der Waals surface area contributed by atoms with E-state index in [4.69, 9.17) is 9.47 Å². The molecule has 0 bridgehead atoms. The summed E-state index contributed by atoms with van der Waals surface area (Å²) < 4.78 is 10.6. The Kier molecular flexibility index (Phi) is 6.26. The Labute approximate surface area is 179 Å². The standard InChI is InChI=1S/C22H24N2O5S/c1-28-16-6-4-15(5-7-16)19-18(20(25)17-3-2-14-30-17)21(26)22(27)24(19)9-8-23-10-12-29-13-11-23/h2-7,14,18-19H,8-13H2,1H3. The Hall–Kier alpha value is -2.55. The van der Waals surface area contributed by atoms with Gasteiger partial charge in [0.15, 0.2) is 5.78 Å². The van der Waals surface area contributed by atoms with Gasteiger partial charge in [0.05, 0.1) is 31.2 Å². The summed E-state index contributed by atoms with van der Waals surface area (Å²) in [6.45, 7) is 3.93. The molecule has 2 unspecified atom stereocenters. The molecule has 0 radical (unpaired) electrons. The fourth-order valence-corrected chi connectivity index (χ4v) is 4.75. The first kappa shape index (κ1) is 20.7. The summed E-state index contributed by atoms with van der Waals surface area (Å²) in [5, 5.41) is 1.80. The zero-order valence-electron chi connectivity index (χ0n) is 16.8. The molecule has 0 saturated carbocycles. The molecule has 158 valence electrons. The molecule has 7 nitrogen and oxygen atoms in total. The quantitative estimate of drug-likeness (QED) is 0.382. The van der Waals surface area contributed by atoms with Crippen molar-refractivity contribution in [3.05, 3.63) is 52.2 Å².